The van der Waals surface area contributed by atoms with Crippen molar-refractivity contribution >= 4 is 34.9 Å². The number of nitrogens with zero attached hydrogens (tertiary/aromatic N) is 1. The van der Waals surface area contributed by atoms with E-state index in [2.05, 4.69) is 10.3 Å². The third kappa shape index (κ3) is 5.64. The van der Waals surface area contributed by atoms with Crippen LogP contribution in [0.4, 0.5) is 23.2 Å². The van der Waals surface area contributed by atoms with E-state index in [1.54, 1.807) is 38.2 Å². The van der Waals surface area contributed by atoms with Crippen LogP contribution in [0.3, 0.4) is 0 Å². The Hall–Kier alpha value is -1.73. The summed E-state index contributed by atoms with van der Waals surface area (Å²) >= 11 is 6.55. The number of halogens is 5. The molecule has 0 aliphatic carbocycles. The molecular formula is C17H15ClF4N2S. The molecule has 0 unspecified atom stereocenters. The third-order valence-electron chi connectivity index (χ3n) is 3.20. The van der Waals surface area contributed by atoms with E-state index >= 15 is 0 Å². The number of rotatable bonds is 4. The number of aryl methyl sites for hydroxylation is 1. The van der Waals surface area contributed by atoms with Crippen molar-refractivity contribution in [3.8, 4) is 0 Å². The van der Waals surface area contributed by atoms with Crippen molar-refractivity contribution < 1.29 is 17.6 Å². The van der Waals surface area contributed by atoms with Gasteiger partial charge in [0.25, 0.3) is 0 Å². The van der Waals surface area contributed by atoms with Crippen LogP contribution in [-0.2, 0) is 0 Å². The summed E-state index contributed by atoms with van der Waals surface area (Å²) < 4.78 is 51.5. The molecule has 0 radical (unpaired) electrons. The number of hydrogen-bond acceptors (Lipinski definition) is 2. The van der Waals surface area contributed by atoms with Crippen molar-refractivity contribution in [2.45, 2.75) is 18.0 Å². The van der Waals surface area contributed by atoms with Crippen LogP contribution in [-0.4, -0.2) is 24.8 Å². The molecule has 0 amide bonds. The molecule has 0 bridgehead atoms. The molecule has 2 rings (SSSR count). The van der Waals surface area contributed by atoms with Gasteiger partial charge in [-0.15, -0.1) is 11.8 Å². The van der Waals surface area contributed by atoms with Gasteiger partial charge < -0.3 is 5.32 Å². The number of nitrogens with one attached hydrogen (secondary N) is 1. The van der Waals surface area contributed by atoms with Crippen LogP contribution in [0, 0.1) is 12.7 Å². The Labute approximate surface area is 152 Å². The number of benzene rings is 2. The first-order chi connectivity index (χ1) is 11.7. The van der Waals surface area contributed by atoms with E-state index in [0.717, 1.165) is 0 Å². The zero-order valence-electron chi connectivity index (χ0n) is 13.4. The number of aliphatic imine (C=N–C) groups is 1. The molecule has 0 fully saturated rings. The lowest BCUT2D eigenvalue weighted by molar-refractivity contribution is -0.105. The van der Waals surface area contributed by atoms with Gasteiger partial charge in [0.05, 0.1) is 5.75 Å². The van der Waals surface area contributed by atoms with E-state index in [1.807, 2.05) is 0 Å². The van der Waals surface area contributed by atoms with Crippen molar-refractivity contribution in [3.63, 3.8) is 0 Å². The lowest BCUT2D eigenvalue weighted by Gasteiger charge is -2.11. The fourth-order valence-corrected chi connectivity index (χ4v) is 3.05. The van der Waals surface area contributed by atoms with Crippen molar-refractivity contribution in [2.75, 3.05) is 12.8 Å². The molecule has 25 heavy (non-hydrogen) atoms. The lowest BCUT2D eigenvalue weighted by atomic mass is 10.2. The Kier molecular flexibility index (Phi) is 6.35. The Morgan fingerprint density at radius 1 is 1.24 bits per heavy atom. The molecule has 134 valence electrons. The first-order valence-electron chi connectivity index (χ1n) is 7.21. The van der Waals surface area contributed by atoms with E-state index < -0.39 is 17.7 Å². The Balaban J connectivity index is 2.40. The van der Waals surface area contributed by atoms with Crippen LogP contribution in [0.25, 0.3) is 0 Å². The summed E-state index contributed by atoms with van der Waals surface area (Å²) in [5.41, 5.74) is 1.03. The molecule has 2 aromatic rings. The highest BCUT2D eigenvalue weighted by molar-refractivity contribution is 7.99. The maximum atomic E-state index is 14.2. The van der Waals surface area contributed by atoms with Gasteiger partial charge in [0.15, 0.2) is 0 Å². The highest BCUT2D eigenvalue weighted by Crippen LogP contribution is 2.33. The monoisotopic (exact) mass is 390 g/mol. The smallest absolute Gasteiger partial charge is 0.373 e. The van der Waals surface area contributed by atoms with E-state index in [4.69, 9.17) is 11.6 Å². The summed E-state index contributed by atoms with van der Waals surface area (Å²) in [5, 5.41) is 3.34. The van der Waals surface area contributed by atoms with Gasteiger partial charge in [-0.25, -0.2) is 9.38 Å². The quantitative estimate of drug-likeness (QED) is 0.311. The molecule has 0 aliphatic rings. The minimum absolute atomic E-state index is 0.0420. The lowest BCUT2D eigenvalue weighted by Crippen LogP contribution is -2.19. The van der Waals surface area contributed by atoms with Gasteiger partial charge in [0.1, 0.15) is 17.3 Å². The van der Waals surface area contributed by atoms with Gasteiger partial charge in [0.2, 0.25) is 0 Å². The maximum Gasteiger partial charge on any atom is 0.398 e. The van der Waals surface area contributed by atoms with Crippen LogP contribution < -0.4 is 5.32 Å². The van der Waals surface area contributed by atoms with E-state index in [9.17, 15) is 17.6 Å². The summed E-state index contributed by atoms with van der Waals surface area (Å²) in [7, 11) is 1.62. The first-order valence-corrected chi connectivity index (χ1v) is 8.58. The molecule has 0 saturated heterocycles. The molecular weight excluding hydrogens is 376 g/mol. The molecule has 2 aromatic carbocycles. The van der Waals surface area contributed by atoms with Gasteiger partial charge in [-0.1, -0.05) is 23.7 Å². The molecule has 0 atom stereocenters. The summed E-state index contributed by atoms with van der Waals surface area (Å²) in [4.78, 5) is 4.54. The van der Waals surface area contributed by atoms with Crippen molar-refractivity contribution in [2.24, 2.45) is 4.99 Å². The van der Waals surface area contributed by atoms with Gasteiger partial charge in [-0.3, -0.25) is 0 Å². The Morgan fingerprint density at radius 2 is 1.96 bits per heavy atom. The average molecular weight is 391 g/mol. The second-order valence-corrected chi connectivity index (χ2v) is 6.65. The zero-order valence-corrected chi connectivity index (χ0v) is 15.0. The van der Waals surface area contributed by atoms with E-state index in [1.165, 1.54) is 12.1 Å². The van der Waals surface area contributed by atoms with Crippen molar-refractivity contribution in [3.05, 3.63) is 58.4 Å². The molecule has 0 aliphatic heterocycles. The molecule has 0 saturated carbocycles. The van der Waals surface area contributed by atoms with Gasteiger partial charge in [-0.2, -0.15) is 13.2 Å². The number of hydrogen-bond donors (Lipinski definition) is 1. The Bertz CT molecular complexity index is 791. The van der Waals surface area contributed by atoms with Crippen LogP contribution in [0.15, 0.2) is 46.3 Å². The summed E-state index contributed by atoms with van der Waals surface area (Å²) in [5.74, 6) is -1.30. The maximum absolute atomic E-state index is 14.2. The predicted molar refractivity (Wildman–Crippen MR) is 94.6 cm³/mol. The number of amidine groups is 1. The average Bonchev–Trinajstić information content (AvgIpc) is 2.52. The normalized spacial score (nSPS) is 12.4. The molecule has 0 spiro atoms. The largest absolute Gasteiger partial charge is 0.398 e. The van der Waals surface area contributed by atoms with Gasteiger partial charge >= 0.3 is 6.18 Å². The first kappa shape index (κ1) is 19.6. The fraction of sp³-hybridized carbons (Fsp3) is 0.235. The molecule has 0 aromatic heterocycles. The molecule has 1 N–H and O–H groups in total. The number of thioether (sulfide) groups is 1. The second-order valence-electron chi connectivity index (χ2n) is 5.19. The van der Waals surface area contributed by atoms with Crippen LogP contribution in [0.1, 0.15) is 11.1 Å². The van der Waals surface area contributed by atoms with Crippen molar-refractivity contribution in [1.82, 2.24) is 5.32 Å². The third-order valence-corrected chi connectivity index (χ3v) is 4.66. The zero-order chi connectivity index (χ0) is 18.6. The predicted octanol–water partition coefficient (Wildman–Crippen LogP) is 5.74. The second kappa shape index (κ2) is 8.10. The molecule has 8 heteroatoms. The number of alkyl halides is 3. The van der Waals surface area contributed by atoms with Crippen LogP contribution in [0.5, 0.6) is 0 Å². The molecule has 0 heterocycles. The fourth-order valence-electron chi connectivity index (χ4n) is 2.06. The highest BCUT2D eigenvalue weighted by Gasteiger charge is 2.27. The molecule has 2 nitrogen and oxygen atoms in total. The highest BCUT2D eigenvalue weighted by atomic mass is 35.5. The summed E-state index contributed by atoms with van der Waals surface area (Å²) in [6.45, 7) is 1.56. The SMILES string of the molecule is CN/C(=N\c1cc(SCC(F)(F)F)c(C)cc1F)c1cccc(Cl)c1. The Morgan fingerprint density at radius 3 is 2.56 bits per heavy atom. The minimum Gasteiger partial charge on any atom is -0.373 e. The van der Waals surface area contributed by atoms with Crippen LogP contribution >= 0.6 is 23.4 Å². The van der Waals surface area contributed by atoms with Crippen LogP contribution in [0.2, 0.25) is 5.02 Å². The minimum atomic E-state index is -4.30. The van der Waals surface area contributed by atoms with Crippen molar-refractivity contribution in [1.29, 1.82) is 0 Å². The van der Waals surface area contributed by atoms with Gasteiger partial charge in [-0.05, 0) is 36.8 Å². The van der Waals surface area contributed by atoms with Gasteiger partial charge in [0, 0.05) is 22.5 Å². The topological polar surface area (TPSA) is 24.4 Å². The summed E-state index contributed by atoms with van der Waals surface area (Å²) in [6.07, 6.45) is -4.30. The van der Waals surface area contributed by atoms with E-state index in [0.29, 0.717) is 38.6 Å². The summed E-state index contributed by atoms with van der Waals surface area (Å²) in [6, 6.07) is 9.32. The standard InChI is InChI=1S/C17H15ClF4N2S/c1-10-6-13(19)14(8-15(10)25-9-17(20,21)22)24-16(23-2)11-4-3-5-12(18)7-11/h3-8H,9H2,1-2H3,(H,23,24). The van der Waals surface area contributed by atoms with E-state index in [-0.39, 0.29) is 5.69 Å².